The van der Waals surface area contributed by atoms with Gasteiger partial charge in [-0.25, -0.2) is 4.79 Å². The lowest BCUT2D eigenvalue weighted by Crippen LogP contribution is -2.52. The standard InChI is InChI=1S/C26H33N3O4/c1-4-21-17-29(23-15-18(2)5-10-24(23)33-21)26(31)28-13-11-20(12-14-28)25(30)27-16-19-6-8-22(32-3)9-7-19/h5-10,15,20-21H,4,11-14,16-17H2,1-3H3,(H,27,30). The fourth-order valence-corrected chi connectivity index (χ4v) is 4.43. The Hall–Kier alpha value is -3.22. The van der Waals surface area contributed by atoms with Crippen LogP contribution in [0.25, 0.3) is 0 Å². The number of likely N-dealkylation sites (tertiary alicyclic amines) is 1. The van der Waals surface area contributed by atoms with Crippen molar-refractivity contribution in [3.05, 3.63) is 53.6 Å². The van der Waals surface area contributed by atoms with Crippen molar-refractivity contribution < 1.29 is 19.1 Å². The Morgan fingerprint density at radius 2 is 1.85 bits per heavy atom. The van der Waals surface area contributed by atoms with Gasteiger partial charge in [-0.2, -0.15) is 0 Å². The van der Waals surface area contributed by atoms with Crippen molar-refractivity contribution in [2.45, 2.75) is 45.8 Å². The van der Waals surface area contributed by atoms with E-state index in [-0.39, 0.29) is 24.0 Å². The lowest BCUT2D eigenvalue weighted by molar-refractivity contribution is -0.126. The third kappa shape index (κ3) is 5.24. The molecule has 3 amide bonds. The maximum absolute atomic E-state index is 13.4. The van der Waals surface area contributed by atoms with Crippen molar-refractivity contribution in [1.82, 2.24) is 10.2 Å². The zero-order valence-corrected chi connectivity index (χ0v) is 19.7. The van der Waals surface area contributed by atoms with Crippen LogP contribution in [0.15, 0.2) is 42.5 Å². The summed E-state index contributed by atoms with van der Waals surface area (Å²) in [4.78, 5) is 29.8. The topological polar surface area (TPSA) is 71.1 Å². The van der Waals surface area contributed by atoms with Crippen molar-refractivity contribution >= 4 is 17.6 Å². The van der Waals surface area contributed by atoms with E-state index >= 15 is 0 Å². The molecule has 0 saturated carbocycles. The summed E-state index contributed by atoms with van der Waals surface area (Å²) in [6.07, 6.45) is 2.17. The SMILES string of the molecule is CCC1CN(C(=O)N2CCC(C(=O)NCc3ccc(OC)cc3)CC2)c2cc(C)ccc2O1. The number of ether oxygens (including phenoxy) is 2. The van der Waals surface area contributed by atoms with Gasteiger partial charge in [-0.05, 0) is 61.6 Å². The van der Waals surface area contributed by atoms with E-state index in [4.69, 9.17) is 9.47 Å². The van der Waals surface area contributed by atoms with Gasteiger partial charge in [0.25, 0.3) is 0 Å². The van der Waals surface area contributed by atoms with E-state index in [0.29, 0.717) is 39.0 Å². The van der Waals surface area contributed by atoms with Crippen LogP contribution in [-0.2, 0) is 11.3 Å². The molecule has 176 valence electrons. The Morgan fingerprint density at radius 3 is 2.52 bits per heavy atom. The number of rotatable bonds is 5. The van der Waals surface area contributed by atoms with Crippen molar-refractivity contribution in [3.63, 3.8) is 0 Å². The summed E-state index contributed by atoms with van der Waals surface area (Å²) >= 11 is 0. The summed E-state index contributed by atoms with van der Waals surface area (Å²) < 4.78 is 11.2. The van der Waals surface area contributed by atoms with Crippen LogP contribution in [0.3, 0.4) is 0 Å². The molecule has 2 aromatic carbocycles. The van der Waals surface area contributed by atoms with Gasteiger partial charge in [0.05, 0.1) is 19.3 Å². The van der Waals surface area contributed by atoms with E-state index in [1.807, 2.05) is 59.2 Å². The van der Waals surface area contributed by atoms with E-state index in [2.05, 4.69) is 12.2 Å². The minimum absolute atomic E-state index is 0.000640. The van der Waals surface area contributed by atoms with Crippen LogP contribution in [0.2, 0.25) is 0 Å². The first-order valence-electron chi connectivity index (χ1n) is 11.7. The number of carbonyl (C=O) groups excluding carboxylic acids is 2. The molecular formula is C26H33N3O4. The van der Waals surface area contributed by atoms with Gasteiger partial charge in [0.1, 0.15) is 17.6 Å². The number of aryl methyl sites for hydroxylation is 1. The fourth-order valence-electron chi connectivity index (χ4n) is 4.43. The highest BCUT2D eigenvalue weighted by molar-refractivity contribution is 5.94. The Kier molecular flexibility index (Phi) is 7.06. The number of amides is 3. The highest BCUT2D eigenvalue weighted by atomic mass is 16.5. The number of methoxy groups -OCH3 is 1. The number of urea groups is 1. The largest absolute Gasteiger partial charge is 0.497 e. The highest BCUT2D eigenvalue weighted by Crippen LogP contribution is 2.36. The first-order valence-corrected chi connectivity index (χ1v) is 11.7. The molecule has 7 nitrogen and oxygen atoms in total. The summed E-state index contributed by atoms with van der Waals surface area (Å²) in [6, 6.07) is 13.7. The second-order valence-corrected chi connectivity index (χ2v) is 8.84. The molecular weight excluding hydrogens is 418 g/mol. The minimum atomic E-state index is -0.0742. The molecule has 2 aromatic rings. The van der Waals surface area contributed by atoms with E-state index in [1.54, 1.807) is 7.11 Å². The van der Waals surface area contributed by atoms with Gasteiger partial charge < -0.3 is 19.7 Å². The van der Waals surface area contributed by atoms with E-state index in [9.17, 15) is 9.59 Å². The zero-order valence-electron chi connectivity index (χ0n) is 19.7. The number of nitrogens with zero attached hydrogens (tertiary/aromatic N) is 2. The van der Waals surface area contributed by atoms with Crippen LogP contribution in [-0.4, -0.2) is 49.7 Å². The Morgan fingerprint density at radius 1 is 1.12 bits per heavy atom. The maximum atomic E-state index is 13.4. The Balaban J connectivity index is 1.33. The molecule has 2 aliphatic heterocycles. The molecule has 0 aliphatic carbocycles. The molecule has 2 heterocycles. The number of piperidine rings is 1. The van der Waals surface area contributed by atoms with Gasteiger partial charge in [-0.1, -0.05) is 25.1 Å². The number of carbonyl (C=O) groups is 2. The van der Waals surface area contributed by atoms with Crippen molar-refractivity contribution in [2.24, 2.45) is 5.92 Å². The normalized spacial score (nSPS) is 18.3. The summed E-state index contributed by atoms with van der Waals surface area (Å²) in [5.41, 5.74) is 2.96. The van der Waals surface area contributed by atoms with Crippen LogP contribution in [0, 0.1) is 12.8 Å². The van der Waals surface area contributed by atoms with Crippen LogP contribution < -0.4 is 19.7 Å². The lowest BCUT2D eigenvalue weighted by Gasteiger charge is -2.39. The number of hydrogen-bond acceptors (Lipinski definition) is 4. The van der Waals surface area contributed by atoms with Gasteiger partial charge in [0.2, 0.25) is 5.91 Å². The second kappa shape index (κ2) is 10.1. The number of nitrogens with one attached hydrogen (secondary N) is 1. The quantitative estimate of drug-likeness (QED) is 0.742. The molecule has 7 heteroatoms. The van der Waals surface area contributed by atoms with Crippen LogP contribution in [0.4, 0.5) is 10.5 Å². The van der Waals surface area contributed by atoms with Gasteiger partial charge in [0.15, 0.2) is 0 Å². The van der Waals surface area contributed by atoms with Gasteiger partial charge in [0, 0.05) is 25.6 Å². The molecule has 0 bridgehead atoms. The monoisotopic (exact) mass is 451 g/mol. The van der Waals surface area contributed by atoms with Crippen LogP contribution in [0.1, 0.15) is 37.3 Å². The lowest BCUT2D eigenvalue weighted by atomic mass is 9.96. The zero-order chi connectivity index (χ0) is 23.4. The molecule has 0 radical (unpaired) electrons. The maximum Gasteiger partial charge on any atom is 0.324 e. The molecule has 1 unspecified atom stereocenters. The van der Waals surface area contributed by atoms with Crippen molar-refractivity contribution in [1.29, 1.82) is 0 Å². The van der Waals surface area contributed by atoms with Gasteiger partial charge >= 0.3 is 6.03 Å². The van der Waals surface area contributed by atoms with Gasteiger partial charge in [-0.3, -0.25) is 9.69 Å². The minimum Gasteiger partial charge on any atom is -0.497 e. The molecule has 1 saturated heterocycles. The van der Waals surface area contributed by atoms with Crippen molar-refractivity contribution in [3.8, 4) is 11.5 Å². The Bertz CT molecular complexity index is 984. The Labute approximate surface area is 195 Å². The second-order valence-electron chi connectivity index (χ2n) is 8.84. The molecule has 1 fully saturated rings. The number of benzene rings is 2. The molecule has 2 aliphatic rings. The first-order chi connectivity index (χ1) is 16.0. The van der Waals surface area contributed by atoms with E-state index in [1.165, 1.54) is 0 Å². The average molecular weight is 452 g/mol. The molecule has 0 aromatic heterocycles. The molecule has 33 heavy (non-hydrogen) atoms. The number of fused-ring (bicyclic) bond motifs is 1. The van der Waals surface area contributed by atoms with Crippen LogP contribution in [0.5, 0.6) is 11.5 Å². The first kappa shape index (κ1) is 23.0. The molecule has 1 atom stereocenters. The van der Waals surface area contributed by atoms with Gasteiger partial charge in [-0.15, -0.1) is 0 Å². The summed E-state index contributed by atoms with van der Waals surface area (Å²) in [5.74, 6) is 1.54. The molecule has 4 rings (SSSR count). The third-order valence-corrected chi connectivity index (χ3v) is 6.53. The average Bonchev–Trinajstić information content (AvgIpc) is 2.86. The number of anilines is 1. The molecule has 0 spiro atoms. The summed E-state index contributed by atoms with van der Waals surface area (Å²) in [6.45, 7) is 6.29. The fraction of sp³-hybridized carbons (Fsp3) is 0.462. The highest BCUT2D eigenvalue weighted by Gasteiger charge is 2.34. The van der Waals surface area contributed by atoms with Crippen LogP contribution >= 0.6 is 0 Å². The number of hydrogen-bond donors (Lipinski definition) is 1. The van der Waals surface area contributed by atoms with E-state index in [0.717, 1.165) is 34.7 Å². The summed E-state index contributed by atoms with van der Waals surface area (Å²) in [5, 5.41) is 3.04. The smallest absolute Gasteiger partial charge is 0.324 e. The van der Waals surface area contributed by atoms with E-state index < -0.39 is 0 Å². The van der Waals surface area contributed by atoms with Crippen molar-refractivity contribution in [2.75, 3.05) is 31.6 Å². The molecule has 1 N–H and O–H groups in total. The predicted octanol–water partition coefficient (Wildman–Crippen LogP) is 4.13. The predicted molar refractivity (Wildman–Crippen MR) is 128 cm³/mol. The summed E-state index contributed by atoms with van der Waals surface area (Å²) in [7, 11) is 1.63. The third-order valence-electron chi connectivity index (χ3n) is 6.53.